The summed E-state index contributed by atoms with van der Waals surface area (Å²) < 4.78 is 1.34. The molecule has 3 rings (SSSR count). The summed E-state index contributed by atoms with van der Waals surface area (Å²) in [6.45, 7) is 5.33. The molecule has 0 spiro atoms. The van der Waals surface area contributed by atoms with E-state index < -0.39 is 0 Å². The van der Waals surface area contributed by atoms with Gasteiger partial charge in [0, 0.05) is 31.9 Å². The van der Waals surface area contributed by atoms with Gasteiger partial charge in [-0.1, -0.05) is 50.2 Å². The lowest BCUT2D eigenvalue weighted by Crippen LogP contribution is -2.34. The van der Waals surface area contributed by atoms with Crippen LogP contribution in [0.5, 0.6) is 0 Å². The van der Waals surface area contributed by atoms with Crippen LogP contribution in [-0.2, 0) is 7.05 Å². The van der Waals surface area contributed by atoms with Gasteiger partial charge in [-0.3, -0.25) is 14.4 Å². The Bertz CT molecular complexity index is 1120. The Kier molecular flexibility index (Phi) is 6.67. The molecule has 3 aromatic rings. The fourth-order valence-corrected chi connectivity index (χ4v) is 3.57. The number of carbonyl (C=O) groups is 2. The van der Waals surface area contributed by atoms with E-state index in [0.717, 1.165) is 23.6 Å². The van der Waals surface area contributed by atoms with Crippen molar-refractivity contribution in [2.24, 2.45) is 7.05 Å². The molecule has 2 aromatic carbocycles. The maximum Gasteiger partial charge on any atom is 0.274 e. The van der Waals surface area contributed by atoms with E-state index in [1.807, 2.05) is 50.2 Å². The first-order valence-corrected chi connectivity index (χ1v) is 10.2. The van der Waals surface area contributed by atoms with Gasteiger partial charge in [-0.25, -0.2) is 0 Å². The molecule has 1 N–H and O–H groups in total. The van der Waals surface area contributed by atoms with E-state index in [9.17, 15) is 14.4 Å². The quantitative estimate of drug-likeness (QED) is 0.645. The van der Waals surface area contributed by atoms with Gasteiger partial charge in [-0.05, 0) is 35.7 Å². The Morgan fingerprint density at radius 1 is 1.00 bits per heavy atom. The minimum Gasteiger partial charge on any atom is -0.339 e. The van der Waals surface area contributed by atoms with E-state index in [4.69, 9.17) is 0 Å². The molecule has 2 amide bonds. The van der Waals surface area contributed by atoms with Crippen LogP contribution >= 0.6 is 0 Å². The van der Waals surface area contributed by atoms with Crippen molar-refractivity contribution >= 4 is 28.3 Å². The van der Waals surface area contributed by atoms with Crippen molar-refractivity contribution in [3.8, 4) is 0 Å². The molecule has 1 heterocycles. The first-order valence-electron chi connectivity index (χ1n) is 10.2. The number of rotatable bonds is 7. The highest BCUT2D eigenvalue weighted by Crippen LogP contribution is 2.20. The molecule has 0 atom stereocenters. The van der Waals surface area contributed by atoms with E-state index >= 15 is 0 Å². The predicted octanol–water partition coefficient (Wildman–Crippen LogP) is 4.05. The van der Waals surface area contributed by atoms with Gasteiger partial charge < -0.3 is 14.8 Å². The van der Waals surface area contributed by atoms with Crippen LogP contribution in [0, 0.1) is 0 Å². The van der Waals surface area contributed by atoms with Crippen LogP contribution in [0.3, 0.4) is 0 Å². The number of nitrogens with zero attached hydrogens (tertiary/aromatic N) is 2. The van der Waals surface area contributed by atoms with Crippen molar-refractivity contribution in [3.63, 3.8) is 0 Å². The third-order valence-corrected chi connectivity index (χ3v) is 4.99. The summed E-state index contributed by atoms with van der Waals surface area (Å²) in [7, 11) is 1.58. The summed E-state index contributed by atoms with van der Waals surface area (Å²) in [5.74, 6) is -0.526. The molecule has 1 aromatic heterocycles. The Morgan fingerprint density at radius 3 is 2.37 bits per heavy atom. The largest absolute Gasteiger partial charge is 0.339 e. The van der Waals surface area contributed by atoms with Gasteiger partial charge >= 0.3 is 0 Å². The van der Waals surface area contributed by atoms with Crippen LogP contribution in [0.2, 0.25) is 0 Å². The van der Waals surface area contributed by atoms with Gasteiger partial charge in [0.1, 0.15) is 5.69 Å². The SMILES string of the molecule is CCCN(CCC)C(=O)c1cc(NC(=O)c2cccc3ccccc23)c(=O)n(C)c1. The van der Waals surface area contributed by atoms with Crippen LogP contribution in [-0.4, -0.2) is 34.4 Å². The van der Waals surface area contributed by atoms with Crippen LogP contribution in [0.25, 0.3) is 10.8 Å². The van der Waals surface area contributed by atoms with Gasteiger partial charge in [0.05, 0.1) is 5.56 Å². The summed E-state index contributed by atoms with van der Waals surface area (Å²) in [6.07, 6.45) is 3.22. The highest BCUT2D eigenvalue weighted by molar-refractivity contribution is 6.13. The van der Waals surface area contributed by atoms with E-state index in [0.29, 0.717) is 24.2 Å². The lowest BCUT2D eigenvalue weighted by atomic mass is 10.0. The molecule has 30 heavy (non-hydrogen) atoms. The second-order valence-corrected chi connectivity index (χ2v) is 7.33. The lowest BCUT2D eigenvalue weighted by molar-refractivity contribution is 0.0754. The standard InChI is InChI=1S/C24H27N3O3/c1-4-13-27(14-5-2)23(29)18-15-21(24(30)26(3)16-18)25-22(28)20-12-8-10-17-9-6-7-11-19(17)20/h6-12,15-16H,4-5,13-14H2,1-3H3,(H,25,28). The van der Waals surface area contributed by atoms with Crippen LogP contribution in [0.1, 0.15) is 47.4 Å². The zero-order chi connectivity index (χ0) is 21.7. The molecule has 6 heteroatoms. The number of anilines is 1. The maximum absolute atomic E-state index is 13.0. The maximum atomic E-state index is 13.0. The molecule has 0 aliphatic rings. The zero-order valence-corrected chi connectivity index (χ0v) is 17.6. The average molecular weight is 405 g/mol. The number of fused-ring (bicyclic) bond motifs is 1. The van der Waals surface area contributed by atoms with Crippen molar-refractivity contribution in [3.05, 3.63) is 76.2 Å². The lowest BCUT2D eigenvalue weighted by Gasteiger charge is -2.22. The van der Waals surface area contributed by atoms with Crippen molar-refractivity contribution in [1.82, 2.24) is 9.47 Å². The van der Waals surface area contributed by atoms with Gasteiger partial charge in [0.25, 0.3) is 17.4 Å². The second kappa shape index (κ2) is 9.39. The number of hydrogen-bond acceptors (Lipinski definition) is 3. The average Bonchev–Trinajstić information content (AvgIpc) is 2.75. The third kappa shape index (κ3) is 4.43. The molecule has 156 valence electrons. The number of aromatic nitrogens is 1. The molecule has 0 aliphatic heterocycles. The molecule has 0 aliphatic carbocycles. The molecular weight excluding hydrogens is 378 g/mol. The molecule has 0 radical (unpaired) electrons. The van der Waals surface area contributed by atoms with Gasteiger partial charge in [-0.2, -0.15) is 0 Å². The van der Waals surface area contributed by atoms with E-state index in [2.05, 4.69) is 5.32 Å². The Hall–Kier alpha value is -3.41. The normalized spacial score (nSPS) is 10.8. The molecule has 0 saturated carbocycles. The molecular formula is C24H27N3O3. The Balaban J connectivity index is 1.95. The highest BCUT2D eigenvalue weighted by atomic mass is 16.2. The monoisotopic (exact) mass is 405 g/mol. The van der Waals surface area contributed by atoms with Crippen molar-refractivity contribution in [2.45, 2.75) is 26.7 Å². The molecule has 0 unspecified atom stereocenters. The first-order chi connectivity index (χ1) is 14.5. The molecule has 0 saturated heterocycles. The molecule has 0 fully saturated rings. The number of aryl methyl sites for hydroxylation is 1. The van der Waals surface area contributed by atoms with Crippen LogP contribution < -0.4 is 10.9 Å². The van der Waals surface area contributed by atoms with Crippen molar-refractivity contribution in [1.29, 1.82) is 0 Å². The van der Waals surface area contributed by atoms with E-state index in [1.165, 1.54) is 16.8 Å². The number of hydrogen-bond donors (Lipinski definition) is 1. The third-order valence-electron chi connectivity index (χ3n) is 4.99. The Morgan fingerprint density at radius 2 is 1.67 bits per heavy atom. The topological polar surface area (TPSA) is 71.4 Å². The summed E-state index contributed by atoms with van der Waals surface area (Å²) in [5.41, 5.74) is 0.588. The fourth-order valence-electron chi connectivity index (χ4n) is 3.57. The van der Waals surface area contributed by atoms with Gasteiger partial charge in [-0.15, -0.1) is 0 Å². The predicted molar refractivity (Wildman–Crippen MR) is 120 cm³/mol. The van der Waals surface area contributed by atoms with Crippen LogP contribution in [0.4, 0.5) is 5.69 Å². The number of nitrogens with one attached hydrogen (secondary N) is 1. The second-order valence-electron chi connectivity index (χ2n) is 7.33. The number of carbonyl (C=O) groups excluding carboxylic acids is 2. The van der Waals surface area contributed by atoms with Gasteiger partial charge in [0.2, 0.25) is 0 Å². The number of pyridine rings is 1. The molecule has 0 bridgehead atoms. The smallest absolute Gasteiger partial charge is 0.274 e. The highest BCUT2D eigenvalue weighted by Gasteiger charge is 2.19. The first kappa shape index (κ1) is 21.3. The van der Waals surface area contributed by atoms with Gasteiger partial charge in [0.15, 0.2) is 0 Å². The minimum absolute atomic E-state index is 0.0919. The number of amides is 2. The minimum atomic E-state index is -0.382. The summed E-state index contributed by atoms with van der Waals surface area (Å²) in [4.78, 5) is 40.3. The van der Waals surface area contributed by atoms with Crippen LogP contribution in [0.15, 0.2) is 59.5 Å². The van der Waals surface area contributed by atoms with E-state index in [1.54, 1.807) is 18.0 Å². The van der Waals surface area contributed by atoms with Crippen molar-refractivity contribution < 1.29 is 9.59 Å². The fraction of sp³-hybridized carbons (Fsp3) is 0.292. The molecule has 6 nitrogen and oxygen atoms in total. The summed E-state index contributed by atoms with van der Waals surface area (Å²) >= 11 is 0. The summed E-state index contributed by atoms with van der Waals surface area (Å²) in [6, 6.07) is 14.5. The van der Waals surface area contributed by atoms with E-state index in [-0.39, 0.29) is 23.1 Å². The Labute approximate surface area is 176 Å². The summed E-state index contributed by atoms with van der Waals surface area (Å²) in [5, 5.41) is 4.46. The zero-order valence-electron chi connectivity index (χ0n) is 17.6. The van der Waals surface area contributed by atoms with Crippen molar-refractivity contribution in [2.75, 3.05) is 18.4 Å². The number of benzene rings is 2.